The Bertz CT molecular complexity index is 543. The van der Waals surface area contributed by atoms with Crippen LogP contribution >= 0.6 is 0 Å². The molecule has 1 aliphatic heterocycles. The highest BCUT2D eigenvalue weighted by atomic mass is 16.5. The molecular weight excluding hydrogens is 304 g/mol. The largest absolute Gasteiger partial charge is 0.495 e. The number of anilines is 1. The summed E-state index contributed by atoms with van der Waals surface area (Å²) in [5, 5.41) is 3.03. The van der Waals surface area contributed by atoms with Crippen molar-refractivity contribution in [1.82, 2.24) is 5.32 Å². The van der Waals surface area contributed by atoms with E-state index in [2.05, 4.69) is 16.3 Å². The van der Waals surface area contributed by atoms with Crippen molar-refractivity contribution in [3.05, 3.63) is 24.3 Å². The summed E-state index contributed by atoms with van der Waals surface area (Å²) in [5.74, 6) is 1.40. The third kappa shape index (κ3) is 4.41. The van der Waals surface area contributed by atoms with Gasteiger partial charge in [-0.05, 0) is 37.3 Å². The second-order valence-corrected chi connectivity index (χ2v) is 6.79. The number of rotatable bonds is 7. The fourth-order valence-electron chi connectivity index (χ4n) is 3.67. The van der Waals surface area contributed by atoms with Crippen molar-refractivity contribution in [1.29, 1.82) is 0 Å². The van der Waals surface area contributed by atoms with Gasteiger partial charge in [0.1, 0.15) is 12.4 Å². The molecule has 5 nitrogen and oxygen atoms in total. The molecule has 24 heavy (non-hydrogen) atoms. The predicted molar refractivity (Wildman–Crippen MR) is 94.5 cm³/mol. The SMILES string of the molecule is COc1ccccc1N1CC[C@@H](CNC(=O)COC2CCCC2)C1. The van der Waals surface area contributed by atoms with Crippen LogP contribution in [-0.4, -0.2) is 45.4 Å². The van der Waals surface area contributed by atoms with Crippen LogP contribution in [0.5, 0.6) is 5.75 Å². The van der Waals surface area contributed by atoms with Gasteiger partial charge in [0.05, 0.1) is 18.9 Å². The zero-order chi connectivity index (χ0) is 16.8. The van der Waals surface area contributed by atoms with Crippen LogP contribution in [0.4, 0.5) is 5.69 Å². The summed E-state index contributed by atoms with van der Waals surface area (Å²) in [7, 11) is 1.71. The van der Waals surface area contributed by atoms with Crippen LogP contribution in [0.25, 0.3) is 0 Å². The van der Waals surface area contributed by atoms with E-state index >= 15 is 0 Å². The van der Waals surface area contributed by atoms with Crippen molar-refractivity contribution >= 4 is 11.6 Å². The summed E-state index contributed by atoms with van der Waals surface area (Å²) >= 11 is 0. The molecule has 1 saturated carbocycles. The number of carbonyl (C=O) groups excluding carboxylic acids is 1. The number of hydrogen-bond acceptors (Lipinski definition) is 4. The first-order chi connectivity index (χ1) is 11.8. The average Bonchev–Trinajstić information content (AvgIpc) is 3.29. The molecule has 0 spiro atoms. The number of nitrogens with one attached hydrogen (secondary N) is 1. The number of carbonyl (C=O) groups is 1. The summed E-state index contributed by atoms with van der Waals surface area (Å²) in [6, 6.07) is 8.10. The van der Waals surface area contributed by atoms with E-state index in [1.165, 1.54) is 12.8 Å². The fourth-order valence-corrected chi connectivity index (χ4v) is 3.67. The summed E-state index contributed by atoms with van der Waals surface area (Å²) in [5.41, 5.74) is 1.14. The number of benzene rings is 1. The number of amides is 1. The highest BCUT2D eigenvalue weighted by Crippen LogP contribution is 2.31. The molecule has 3 rings (SSSR count). The Balaban J connectivity index is 1.40. The van der Waals surface area contributed by atoms with Crippen LogP contribution in [0, 0.1) is 5.92 Å². The quantitative estimate of drug-likeness (QED) is 0.834. The molecule has 1 N–H and O–H groups in total. The van der Waals surface area contributed by atoms with Gasteiger partial charge in [-0.1, -0.05) is 25.0 Å². The molecule has 1 aromatic rings. The molecule has 0 radical (unpaired) electrons. The first-order valence-electron chi connectivity index (χ1n) is 9.02. The van der Waals surface area contributed by atoms with Gasteiger partial charge in [0.15, 0.2) is 0 Å². The monoisotopic (exact) mass is 332 g/mol. The Labute approximate surface area is 144 Å². The maximum absolute atomic E-state index is 11.9. The van der Waals surface area contributed by atoms with Gasteiger partial charge in [-0.25, -0.2) is 0 Å². The molecule has 0 aromatic heterocycles. The van der Waals surface area contributed by atoms with Gasteiger partial charge in [-0.15, -0.1) is 0 Å². The Kier molecular flexibility index (Phi) is 5.96. The van der Waals surface area contributed by atoms with Gasteiger partial charge in [0.25, 0.3) is 0 Å². The maximum atomic E-state index is 11.9. The number of ether oxygens (including phenoxy) is 2. The lowest BCUT2D eigenvalue weighted by atomic mass is 10.1. The lowest BCUT2D eigenvalue weighted by Crippen LogP contribution is -2.34. The summed E-state index contributed by atoms with van der Waals surface area (Å²) in [6.45, 7) is 2.87. The van der Waals surface area contributed by atoms with Crippen molar-refractivity contribution in [2.24, 2.45) is 5.92 Å². The standard InChI is InChI=1S/C19H28N2O3/c1-23-18-9-5-4-8-17(18)21-11-10-15(13-21)12-20-19(22)14-24-16-6-2-3-7-16/h4-5,8-9,15-16H,2-3,6-7,10-14H2,1H3,(H,20,22)/t15-/m0/s1. The molecule has 1 aliphatic carbocycles. The summed E-state index contributed by atoms with van der Waals surface area (Å²) in [6.07, 6.45) is 6.04. The molecule has 1 heterocycles. The molecule has 2 fully saturated rings. The van der Waals surface area contributed by atoms with Crippen LogP contribution in [-0.2, 0) is 9.53 Å². The zero-order valence-corrected chi connectivity index (χ0v) is 14.5. The van der Waals surface area contributed by atoms with Gasteiger partial charge in [-0.2, -0.15) is 0 Å². The highest BCUT2D eigenvalue weighted by Gasteiger charge is 2.25. The summed E-state index contributed by atoms with van der Waals surface area (Å²) in [4.78, 5) is 14.3. The molecule has 132 valence electrons. The van der Waals surface area contributed by atoms with Crippen LogP contribution < -0.4 is 15.0 Å². The Morgan fingerprint density at radius 2 is 2.04 bits per heavy atom. The minimum atomic E-state index is 0.0117. The third-order valence-electron chi connectivity index (χ3n) is 5.05. The first kappa shape index (κ1) is 17.1. The third-order valence-corrected chi connectivity index (χ3v) is 5.05. The number of nitrogens with zero attached hydrogens (tertiary/aromatic N) is 1. The second-order valence-electron chi connectivity index (χ2n) is 6.79. The second kappa shape index (κ2) is 8.38. The van der Waals surface area contributed by atoms with Crippen molar-refractivity contribution in [3.8, 4) is 5.75 Å². The van der Waals surface area contributed by atoms with Crippen molar-refractivity contribution in [2.45, 2.75) is 38.2 Å². The molecule has 5 heteroatoms. The highest BCUT2D eigenvalue weighted by molar-refractivity contribution is 5.77. The minimum Gasteiger partial charge on any atom is -0.495 e. The topological polar surface area (TPSA) is 50.8 Å². The van der Waals surface area contributed by atoms with Crippen molar-refractivity contribution in [2.75, 3.05) is 38.3 Å². The van der Waals surface area contributed by atoms with Crippen molar-refractivity contribution in [3.63, 3.8) is 0 Å². The van der Waals surface area contributed by atoms with E-state index < -0.39 is 0 Å². The maximum Gasteiger partial charge on any atom is 0.246 e. The van der Waals surface area contributed by atoms with Crippen molar-refractivity contribution < 1.29 is 14.3 Å². The van der Waals surface area contributed by atoms with E-state index in [9.17, 15) is 4.79 Å². The van der Waals surface area contributed by atoms with Gasteiger partial charge in [-0.3, -0.25) is 4.79 Å². The van der Waals surface area contributed by atoms with E-state index in [0.717, 1.165) is 50.3 Å². The van der Waals surface area contributed by atoms with E-state index in [4.69, 9.17) is 9.47 Å². The van der Waals surface area contributed by atoms with E-state index in [1.54, 1.807) is 7.11 Å². The zero-order valence-electron chi connectivity index (χ0n) is 14.5. The van der Waals surface area contributed by atoms with E-state index in [0.29, 0.717) is 12.0 Å². The average molecular weight is 332 g/mol. The molecule has 0 unspecified atom stereocenters. The van der Waals surface area contributed by atoms with E-state index in [-0.39, 0.29) is 12.5 Å². The van der Waals surface area contributed by atoms with Crippen LogP contribution in [0.3, 0.4) is 0 Å². The lowest BCUT2D eigenvalue weighted by Gasteiger charge is -2.21. The van der Waals surface area contributed by atoms with Crippen LogP contribution in [0.2, 0.25) is 0 Å². The normalized spacial score (nSPS) is 21.2. The fraction of sp³-hybridized carbons (Fsp3) is 0.632. The first-order valence-corrected chi connectivity index (χ1v) is 9.02. The molecule has 1 amide bonds. The Morgan fingerprint density at radius 3 is 2.83 bits per heavy atom. The predicted octanol–water partition coefficient (Wildman–Crippen LogP) is 2.60. The van der Waals surface area contributed by atoms with Gasteiger partial charge < -0.3 is 19.7 Å². The van der Waals surface area contributed by atoms with Crippen LogP contribution in [0.1, 0.15) is 32.1 Å². The van der Waals surface area contributed by atoms with Gasteiger partial charge >= 0.3 is 0 Å². The smallest absolute Gasteiger partial charge is 0.246 e. The molecule has 1 saturated heterocycles. The number of para-hydroxylation sites is 2. The molecule has 1 aromatic carbocycles. The molecule has 1 atom stereocenters. The molecule has 2 aliphatic rings. The summed E-state index contributed by atoms with van der Waals surface area (Å²) < 4.78 is 11.1. The Morgan fingerprint density at radius 1 is 1.25 bits per heavy atom. The molecular formula is C19H28N2O3. The molecule has 0 bridgehead atoms. The number of methoxy groups -OCH3 is 1. The lowest BCUT2D eigenvalue weighted by molar-refractivity contribution is -0.127. The number of hydrogen-bond donors (Lipinski definition) is 1. The minimum absolute atomic E-state index is 0.0117. The van der Waals surface area contributed by atoms with Crippen LogP contribution in [0.15, 0.2) is 24.3 Å². The van der Waals surface area contributed by atoms with E-state index in [1.807, 2.05) is 18.2 Å². The van der Waals surface area contributed by atoms with Gasteiger partial charge in [0, 0.05) is 19.6 Å². The van der Waals surface area contributed by atoms with Gasteiger partial charge in [0.2, 0.25) is 5.91 Å². The Hall–Kier alpha value is -1.75.